The highest BCUT2D eigenvalue weighted by atomic mass is 79.9. The molecule has 20 heavy (non-hydrogen) atoms. The van der Waals surface area contributed by atoms with Crippen LogP contribution in [-0.2, 0) is 11.2 Å². The summed E-state index contributed by atoms with van der Waals surface area (Å²) in [6.45, 7) is 4.02. The molecule has 0 N–H and O–H groups in total. The highest BCUT2D eigenvalue weighted by Crippen LogP contribution is 2.30. The molecule has 0 amide bonds. The van der Waals surface area contributed by atoms with Crippen LogP contribution >= 0.6 is 15.9 Å². The van der Waals surface area contributed by atoms with Gasteiger partial charge >= 0.3 is 5.97 Å². The second kappa shape index (κ2) is 6.22. The lowest BCUT2D eigenvalue weighted by Crippen LogP contribution is -2.03. The number of hydrogen-bond donors (Lipinski definition) is 0. The van der Waals surface area contributed by atoms with Gasteiger partial charge in [0.2, 0.25) is 11.7 Å². The Hall–Kier alpha value is -1.62. The fourth-order valence-corrected chi connectivity index (χ4v) is 2.34. The van der Waals surface area contributed by atoms with Crippen molar-refractivity contribution in [3.05, 3.63) is 39.7 Å². The Morgan fingerprint density at radius 3 is 2.85 bits per heavy atom. The molecule has 0 saturated heterocycles. The minimum atomic E-state index is -0.490. The summed E-state index contributed by atoms with van der Waals surface area (Å²) in [5.74, 6) is 0.137. The number of esters is 1. The van der Waals surface area contributed by atoms with E-state index in [9.17, 15) is 4.79 Å². The molecule has 0 unspecified atom stereocenters. The molecule has 0 saturated carbocycles. The Kier molecular flexibility index (Phi) is 4.60. The third-order valence-corrected chi connectivity index (χ3v) is 3.60. The average molecular weight is 338 g/mol. The van der Waals surface area contributed by atoms with Gasteiger partial charge in [-0.05, 0) is 41.4 Å². The van der Waals surface area contributed by atoms with Gasteiger partial charge in [-0.1, -0.05) is 25.0 Å². The third kappa shape index (κ3) is 2.93. The van der Waals surface area contributed by atoms with Crippen LogP contribution in [0.3, 0.4) is 0 Å². The van der Waals surface area contributed by atoms with Crippen LogP contribution in [0.5, 0.6) is 0 Å². The van der Waals surface area contributed by atoms with Gasteiger partial charge < -0.3 is 9.15 Å². The number of nitrogens with zero attached hydrogens (tertiary/aromatic N) is 1. The number of carbonyl (C=O) groups is 1. The van der Waals surface area contributed by atoms with Crippen LogP contribution in [0.4, 0.5) is 0 Å². The van der Waals surface area contributed by atoms with E-state index in [0.29, 0.717) is 18.0 Å². The Balaban J connectivity index is 2.52. The molecule has 4 nitrogen and oxygen atoms in total. The van der Waals surface area contributed by atoms with Crippen LogP contribution < -0.4 is 0 Å². The summed E-state index contributed by atoms with van der Waals surface area (Å²) in [5.41, 5.74) is 2.57. The van der Waals surface area contributed by atoms with Crippen molar-refractivity contribution >= 4 is 21.9 Å². The number of halogens is 1. The lowest BCUT2D eigenvalue weighted by Gasteiger charge is -2.01. The second-order valence-electron chi connectivity index (χ2n) is 4.52. The first-order valence-electron chi connectivity index (χ1n) is 6.41. The lowest BCUT2D eigenvalue weighted by atomic mass is 10.1. The first-order chi connectivity index (χ1) is 9.56. The fourth-order valence-electron chi connectivity index (χ4n) is 1.93. The van der Waals surface area contributed by atoms with Crippen molar-refractivity contribution in [2.45, 2.75) is 26.7 Å². The van der Waals surface area contributed by atoms with Gasteiger partial charge in [-0.15, -0.1) is 0 Å². The largest absolute Gasteiger partial charge is 0.463 e. The minimum absolute atomic E-state index is 0.192. The van der Waals surface area contributed by atoms with E-state index in [4.69, 9.17) is 9.15 Å². The molecule has 1 aromatic heterocycles. The van der Waals surface area contributed by atoms with E-state index in [1.165, 1.54) is 7.11 Å². The second-order valence-corrected chi connectivity index (χ2v) is 5.37. The first kappa shape index (κ1) is 14.8. The summed E-state index contributed by atoms with van der Waals surface area (Å²) in [6.07, 6.45) is 1.56. The maximum Gasteiger partial charge on any atom is 0.376 e. The molecule has 0 aliphatic carbocycles. The van der Waals surface area contributed by atoms with Crippen molar-refractivity contribution in [1.82, 2.24) is 4.98 Å². The molecule has 106 valence electrons. The molecule has 1 aromatic carbocycles. The molecule has 0 atom stereocenters. The van der Waals surface area contributed by atoms with Crippen molar-refractivity contribution in [2.24, 2.45) is 0 Å². The number of methoxy groups -OCH3 is 1. The standard InChI is InChI=1S/C15H16BrNO3/c1-4-5-12-13(15(18)19-3)20-14(17-12)10-8-9(2)6-7-11(10)16/h6-8H,4-5H2,1-3H3. The summed E-state index contributed by atoms with van der Waals surface area (Å²) in [7, 11) is 1.34. The number of benzene rings is 1. The predicted octanol–water partition coefficient (Wildman–Crippen LogP) is 4.15. The van der Waals surface area contributed by atoms with Crippen LogP contribution in [0, 0.1) is 6.92 Å². The van der Waals surface area contributed by atoms with E-state index >= 15 is 0 Å². The molecule has 0 aliphatic heterocycles. The average Bonchev–Trinajstić information content (AvgIpc) is 2.85. The minimum Gasteiger partial charge on any atom is -0.463 e. The van der Waals surface area contributed by atoms with Crippen molar-refractivity contribution in [3.8, 4) is 11.5 Å². The molecular formula is C15H16BrNO3. The van der Waals surface area contributed by atoms with Crippen molar-refractivity contribution < 1.29 is 13.9 Å². The molecule has 5 heteroatoms. The number of rotatable bonds is 4. The highest BCUT2D eigenvalue weighted by Gasteiger charge is 2.22. The van der Waals surface area contributed by atoms with Gasteiger partial charge in [0.1, 0.15) is 0 Å². The molecule has 0 radical (unpaired) electrons. The Morgan fingerprint density at radius 2 is 2.20 bits per heavy atom. The molecule has 0 spiro atoms. The van der Waals surface area contributed by atoms with Crippen molar-refractivity contribution in [1.29, 1.82) is 0 Å². The molecule has 1 heterocycles. The first-order valence-corrected chi connectivity index (χ1v) is 7.20. The summed E-state index contributed by atoms with van der Waals surface area (Å²) < 4.78 is 11.2. The molecule has 2 aromatic rings. The number of oxazole rings is 1. The van der Waals surface area contributed by atoms with Crippen LogP contribution in [0.15, 0.2) is 27.1 Å². The van der Waals surface area contributed by atoms with Gasteiger partial charge in [-0.25, -0.2) is 9.78 Å². The van der Waals surface area contributed by atoms with Crippen molar-refractivity contribution in [3.63, 3.8) is 0 Å². The molecule has 0 aliphatic rings. The van der Waals surface area contributed by atoms with E-state index in [1.807, 2.05) is 32.0 Å². The molecular weight excluding hydrogens is 322 g/mol. The number of carbonyl (C=O) groups excluding carboxylic acids is 1. The predicted molar refractivity (Wildman–Crippen MR) is 79.7 cm³/mol. The Morgan fingerprint density at radius 1 is 1.45 bits per heavy atom. The fraction of sp³-hybridized carbons (Fsp3) is 0.333. The van der Waals surface area contributed by atoms with Crippen LogP contribution in [-0.4, -0.2) is 18.1 Å². The zero-order valence-corrected chi connectivity index (χ0v) is 13.3. The normalized spacial score (nSPS) is 10.6. The van der Waals surface area contributed by atoms with Gasteiger partial charge in [0.25, 0.3) is 0 Å². The number of aryl methyl sites for hydroxylation is 2. The molecule has 0 bridgehead atoms. The summed E-state index contributed by atoms with van der Waals surface area (Å²) in [4.78, 5) is 16.2. The Bertz CT molecular complexity index is 634. The van der Waals surface area contributed by atoms with Crippen LogP contribution in [0.1, 0.15) is 35.2 Å². The van der Waals surface area contributed by atoms with E-state index in [-0.39, 0.29) is 5.76 Å². The zero-order chi connectivity index (χ0) is 14.7. The van der Waals surface area contributed by atoms with Crippen molar-refractivity contribution in [2.75, 3.05) is 7.11 Å². The van der Waals surface area contributed by atoms with Gasteiger partial charge in [0.15, 0.2) is 0 Å². The zero-order valence-electron chi connectivity index (χ0n) is 11.7. The summed E-state index contributed by atoms with van der Waals surface area (Å²) >= 11 is 3.48. The number of hydrogen-bond acceptors (Lipinski definition) is 4. The number of aromatic nitrogens is 1. The van der Waals surface area contributed by atoms with Crippen LogP contribution in [0.25, 0.3) is 11.5 Å². The smallest absolute Gasteiger partial charge is 0.376 e. The maximum absolute atomic E-state index is 11.7. The van der Waals surface area contributed by atoms with Gasteiger partial charge in [0.05, 0.1) is 18.4 Å². The van der Waals surface area contributed by atoms with Crippen LogP contribution in [0.2, 0.25) is 0 Å². The molecule has 2 rings (SSSR count). The SMILES string of the molecule is CCCc1nc(-c2cc(C)ccc2Br)oc1C(=O)OC. The number of ether oxygens (including phenoxy) is 1. The Labute approximate surface area is 126 Å². The summed E-state index contributed by atoms with van der Waals surface area (Å²) in [5, 5.41) is 0. The summed E-state index contributed by atoms with van der Waals surface area (Å²) in [6, 6.07) is 5.89. The molecule has 0 fully saturated rings. The van der Waals surface area contributed by atoms with Gasteiger partial charge in [-0.2, -0.15) is 0 Å². The van der Waals surface area contributed by atoms with E-state index in [0.717, 1.165) is 22.0 Å². The highest BCUT2D eigenvalue weighted by molar-refractivity contribution is 9.10. The van der Waals surface area contributed by atoms with E-state index < -0.39 is 5.97 Å². The third-order valence-electron chi connectivity index (χ3n) is 2.91. The topological polar surface area (TPSA) is 52.3 Å². The lowest BCUT2D eigenvalue weighted by molar-refractivity contribution is 0.0564. The van der Waals surface area contributed by atoms with E-state index in [1.54, 1.807) is 0 Å². The maximum atomic E-state index is 11.7. The quantitative estimate of drug-likeness (QED) is 0.786. The van der Waals surface area contributed by atoms with E-state index in [2.05, 4.69) is 20.9 Å². The monoisotopic (exact) mass is 337 g/mol. The van der Waals surface area contributed by atoms with Gasteiger partial charge in [0, 0.05) is 4.47 Å². The van der Waals surface area contributed by atoms with Gasteiger partial charge in [-0.3, -0.25) is 0 Å².